The normalized spacial score (nSPS) is 11.5. The van der Waals surface area contributed by atoms with Crippen molar-refractivity contribution in [3.8, 4) is 33.5 Å². The van der Waals surface area contributed by atoms with E-state index in [0.717, 1.165) is 12.1 Å². The number of benzene rings is 2. The number of aliphatic hydroxyl groups is 1. The summed E-state index contributed by atoms with van der Waals surface area (Å²) < 4.78 is 54.0. The first kappa shape index (κ1) is 22.6. The van der Waals surface area contributed by atoms with Gasteiger partial charge in [0.25, 0.3) is 0 Å². The Morgan fingerprint density at radius 3 is 2.55 bits per heavy atom. The van der Waals surface area contributed by atoms with Crippen molar-refractivity contribution in [2.75, 3.05) is 7.11 Å². The van der Waals surface area contributed by atoms with Crippen molar-refractivity contribution in [2.24, 2.45) is 0 Å². The first-order valence-electron chi connectivity index (χ1n) is 9.42. The largest absolute Gasteiger partial charge is 0.496 e. The van der Waals surface area contributed by atoms with Gasteiger partial charge in [-0.3, -0.25) is 9.51 Å². The second kappa shape index (κ2) is 9.08. The number of methoxy groups -OCH3 is 1. The van der Waals surface area contributed by atoms with E-state index in [-0.39, 0.29) is 19.0 Å². The number of rotatable bonds is 7. The van der Waals surface area contributed by atoms with Gasteiger partial charge in [-0.05, 0) is 24.3 Å². The number of thiazole rings is 1. The Balaban J connectivity index is 1.53. The summed E-state index contributed by atoms with van der Waals surface area (Å²) in [5.74, 6) is 0.330. The summed E-state index contributed by atoms with van der Waals surface area (Å²) in [6.07, 6.45) is -4.42. The molecule has 0 aliphatic rings. The number of alkyl halides is 3. The van der Waals surface area contributed by atoms with Crippen molar-refractivity contribution in [3.05, 3.63) is 69.1 Å². The number of hydrogen-bond acceptors (Lipinski definition) is 8. The summed E-state index contributed by atoms with van der Waals surface area (Å²) in [6.45, 7) is -0.283. The predicted octanol–water partition coefficient (Wildman–Crippen LogP) is 4.25. The van der Waals surface area contributed by atoms with Gasteiger partial charge in [0.2, 0.25) is 0 Å². The molecule has 2 N–H and O–H groups in total. The molecule has 0 aliphatic carbocycles. The molecule has 2 aromatic heterocycles. The molecule has 0 amide bonds. The average Bonchev–Trinajstić information content (AvgIpc) is 3.43. The Labute approximate surface area is 188 Å². The van der Waals surface area contributed by atoms with Crippen LogP contribution in [0.15, 0.2) is 51.8 Å². The Hall–Kier alpha value is -3.64. The first-order chi connectivity index (χ1) is 15.8. The lowest BCUT2D eigenvalue weighted by molar-refractivity contribution is -0.137. The smallest absolute Gasteiger partial charge is 0.439 e. The van der Waals surface area contributed by atoms with Gasteiger partial charge in [0.05, 0.1) is 35.4 Å². The van der Waals surface area contributed by atoms with Crippen LogP contribution >= 0.6 is 11.3 Å². The van der Waals surface area contributed by atoms with Gasteiger partial charge in [-0.1, -0.05) is 17.3 Å². The van der Waals surface area contributed by atoms with Crippen molar-refractivity contribution in [1.29, 1.82) is 0 Å². The minimum Gasteiger partial charge on any atom is -0.496 e. The molecule has 0 saturated carbocycles. The SMILES string of the molecule is COc1cc(OCc2sc(-c3ccc(C(F)(F)F)cc3)nc2CO)ccc1-c1noc(=O)[nH]1. The number of hydrogen-bond donors (Lipinski definition) is 2. The van der Waals surface area contributed by atoms with Crippen molar-refractivity contribution in [2.45, 2.75) is 19.4 Å². The monoisotopic (exact) mass is 479 g/mol. The predicted molar refractivity (Wildman–Crippen MR) is 112 cm³/mol. The molecular formula is C21H16F3N3O5S. The maximum atomic E-state index is 12.8. The summed E-state index contributed by atoms with van der Waals surface area (Å²) in [4.78, 5) is 18.6. The van der Waals surface area contributed by atoms with Crippen LogP contribution in [0, 0.1) is 0 Å². The van der Waals surface area contributed by atoms with Crippen LogP contribution in [-0.4, -0.2) is 27.3 Å². The average molecular weight is 479 g/mol. The molecule has 4 aromatic rings. The van der Waals surface area contributed by atoms with E-state index in [2.05, 4.69) is 19.6 Å². The van der Waals surface area contributed by atoms with Gasteiger partial charge in [0.15, 0.2) is 5.82 Å². The third kappa shape index (κ3) is 4.91. The Bertz CT molecular complexity index is 1310. The molecule has 2 aromatic carbocycles. The number of nitrogens with one attached hydrogen (secondary N) is 1. The second-order valence-corrected chi connectivity index (χ2v) is 7.80. The topological polar surface area (TPSA) is 110 Å². The molecule has 0 saturated heterocycles. The van der Waals surface area contributed by atoms with Gasteiger partial charge in [-0.15, -0.1) is 11.3 Å². The molecule has 33 heavy (non-hydrogen) atoms. The highest BCUT2D eigenvalue weighted by Crippen LogP contribution is 2.35. The molecular weight excluding hydrogens is 463 g/mol. The number of aliphatic hydroxyl groups excluding tert-OH is 1. The van der Waals surface area contributed by atoms with Crippen LogP contribution in [0.25, 0.3) is 22.0 Å². The van der Waals surface area contributed by atoms with Crippen LogP contribution in [0.4, 0.5) is 13.2 Å². The zero-order valence-corrected chi connectivity index (χ0v) is 17.8. The van der Waals surface area contributed by atoms with Crippen molar-refractivity contribution in [3.63, 3.8) is 0 Å². The van der Waals surface area contributed by atoms with E-state index < -0.39 is 17.5 Å². The van der Waals surface area contributed by atoms with Crippen LogP contribution in [0.2, 0.25) is 0 Å². The molecule has 0 radical (unpaired) electrons. The number of halogens is 3. The Kier molecular flexibility index (Phi) is 6.20. The maximum absolute atomic E-state index is 12.8. The van der Waals surface area contributed by atoms with E-state index in [9.17, 15) is 23.1 Å². The van der Waals surface area contributed by atoms with Gasteiger partial charge >= 0.3 is 11.9 Å². The lowest BCUT2D eigenvalue weighted by Crippen LogP contribution is -2.03. The van der Waals surface area contributed by atoms with E-state index in [4.69, 9.17) is 9.47 Å². The highest BCUT2D eigenvalue weighted by Gasteiger charge is 2.30. The zero-order chi connectivity index (χ0) is 23.6. The molecule has 4 rings (SSSR count). The molecule has 0 bridgehead atoms. The van der Waals surface area contributed by atoms with E-state index >= 15 is 0 Å². The molecule has 0 aliphatic heterocycles. The minimum atomic E-state index is -4.42. The second-order valence-electron chi connectivity index (χ2n) is 6.72. The van der Waals surface area contributed by atoms with Crippen LogP contribution in [0.5, 0.6) is 11.5 Å². The van der Waals surface area contributed by atoms with E-state index in [1.165, 1.54) is 30.6 Å². The minimum absolute atomic E-state index is 0.0670. The summed E-state index contributed by atoms with van der Waals surface area (Å²) in [7, 11) is 1.45. The van der Waals surface area contributed by atoms with Crippen molar-refractivity contribution < 1.29 is 32.3 Å². The van der Waals surface area contributed by atoms with Crippen molar-refractivity contribution in [1.82, 2.24) is 15.1 Å². The number of aromatic nitrogens is 3. The number of nitrogens with zero attached hydrogens (tertiary/aromatic N) is 2. The van der Waals surface area contributed by atoms with Crippen LogP contribution in [0.3, 0.4) is 0 Å². The molecule has 0 spiro atoms. The number of aromatic amines is 1. The molecule has 12 heteroatoms. The third-order valence-corrected chi connectivity index (χ3v) is 5.75. The van der Waals surface area contributed by atoms with Gasteiger partial charge in [0, 0.05) is 11.6 Å². The number of H-pyrrole nitrogens is 1. The summed E-state index contributed by atoms with van der Waals surface area (Å²) in [5.41, 5.74) is 0.621. The van der Waals surface area contributed by atoms with Gasteiger partial charge < -0.3 is 14.6 Å². The fourth-order valence-corrected chi connectivity index (χ4v) is 3.99. The molecule has 0 unspecified atom stereocenters. The third-order valence-electron chi connectivity index (χ3n) is 4.63. The summed E-state index contributed by atoms with van der Waals surface area (Å²) >= 11 is 1.21. The highest BCUT2D eigenvalue weighted by atomic mass is 32.1. The highest BCUT2D eigenvalue weighted by molar-refractivity contribution is 7.15. The summed E-state index contributed by atoms with van der Waals surface area (Å²) in [5, 5.41) is 13.7. The van der Waals surface area contributed by atoms with Crippen molar-refractivity contribution >= 4 is 11.3 Å². The van der Waals surface area contributed by atoms with Gasteiger partial charge in [-0.25, -0.2) is 9.78 Å². The summed E-state index contributed by atoms with van der Waals surface area (Å²) in [6, 6.07) is 9.52. The molecule has 172 valence electrons. The number of ether oxygens (including phenoxy) is 2. The van der Waals surface area contributed by atoms with Gasteiger partial charge in [0.1, 0.15) is 23.1 Å². The standard InChI is InChI=1S/C21H16F3N3O5S/c1-30-16-8-13(6-7-14(16)18-26-20(29)32-27-18)31-10-17-15(9-28)25-19(33-17)11-2-4-12(5-3-11)21(22,23)24/h2-8,28H,9-10H2,1H3,(H,26,27,29). The fraction of sp³-hybridized carbons (Fsp3) is 0.190. The molecule has 0 fully saturated rings. The van der Waals surface area contributed by atoms with Crippen LogP contribution in [0.1, 0.15) is 16.1 Å². The van der Waals surface area contributed by atoms with Gasteiger partial charge in [-0.2, -0.15) is 13.2 Å². The van der Waals surface area contributed by atoms with E-state index in [1.54, 1.807) is 18.2 Å². The van der Waals surface area contributed by atoms with Crippen LogP contribution in [-0.2, 0) is 19.4 Å². The van der Waals surface area contributed by atoms with E-state index in [1.807, 2.05) is 0 Å². The van der Waals surface area contributed by atoms with E-state index in [0.29, 0.717) is 38.2 Å². The fourth-order valence-electron chi connectivity index (χ4n) is 3.00. The van der Waals surface area contributed by atoms with Crippen LogP contribution < -0.4 is 15.2 Å². The lowest BCUT2D eigenvalue weighted by atomic mass is 10.1. The maximum Gasteiger partial charge on any atom is 0.439 e. The Morgan fingerprint density at radius 1 is 1.18 bits per heavy atom. The Morgan fingerprint density at radius 2 is 1.94 bits per heavy atom. The first-order valence-corrected chi connectivity index (χ1v) is 10.2. The zero-order valence-electron chi connectivity index (χ0n) is 17.0. The molecule has 0 atom stereocenters. The molecule has 8 nitrogen and oxygen atoms in total. The quantitative estimate of drug-likeness (QED) is 0.408. The molecule has 2 heterocycles. The lowest BCUT2D eigenvalue weighted by Gasteiger charge is -2.10.